The first-order valence-electron chi connectivity index (χ1n) is 6.81. The van der Waals surface area contributed by atoms with Gasteiger partial charge in [0, 0.05) is 17.6 Å². The molecule has 0 unspecified atom stereocenters. The summed E-state index contributed by atoms with van der Waals surface area (Å²) in [6, 6.07) is 11.1. The zero-order valence-electron chi connectivity index (χ0n) is 12.2. The highest BCUT2D eigenvalue weighted by atomic mass is 79.9. The molecule has 2 heterocycles. The van der Waals surface area contributed by atoms with E-state index < -0.39 is 0 Å². The summed E-state index contributed by atoms with van der Waals surface area (Å²) in [7, 11) is 1.62. The second-order valence-corrected chi connectivity index (χ2v) is 6.20. The lowest BCUT2D eigenvalue weighted by molar-refractivity contribution is -0.121. The number of nitrogens with zero attached hydrogens (tertiary/aromatic N) is 1. The molecule has 0 saturated carbocycles. The van der Waals surface area contributed by atoms with Crippen LogP contribution in [0.5, 0.6) is 5.75 Å². The van der Waals surface area contributed by atoms with Gasteiger partial charge in [-0.2, -0.15) is 0 Å². The van der Waals surface area contributed by atoms with Crippen LogP contribution in [-0.4, -0.2) is 23.0 Å². The molecule has 1 amide bonds. The summed E-state index contributed by atoms with van der Waals surface area (Å²) < 4.78 is 12.3. The van der Waals surface area contributed by atoms with Gasteiger partial charge in [0.1, 0.15) is 29.6 Å². The maximum atomic E-state index is 11.9. The van der Waals surface area contributed by atoms with E-state index in [2.05, 4.69) is 21.2 Å². The highest BCUT2D eigenvalue weighted by molar-refractivity contribution is 9.10. The molecule has 0 radical (unpaired) electrons. The van der Waals surface area contributed by atoms with Gasteiger partial charge in [0.05, 0.1) is 0 Å². The van der Waals surface area contributed by atoms with Gasteiger partial charge < -0.3 is 14.5 Å². The molecule has 1 aromatic heterocycles. The van der Waals surface area contributed by atoms with Crippen molar-refractivity contribution in [1.29, 1.82) is 0 Å². The molecule has 0 bridgehead atoms. The largest absolute Gasteiger partial charge is 0.486 e. The summed E-state index contributed by atoms with van der Waals surface area (Å²) >= 11 is 8.39. The van der Waals surface area contributed by atoms with E-state index in [1.54, 1.807) is 19.2 Å². The molecule has 23 heavy (non-hydrogen) atoms. The number of hydrogen-bond acceptors (Lipinski definition) is 4. The third-order valence-corrected chi connectivity index (χ3v) is 4.15. The van der Waals surface area contributed by atoms with Gasteiger partial charge in [-0.15, -0.1) is 0 Å². The van der Waals surface area contributed by atoms with Crippen molar-refractivity contribution in [3.05, 3.63) is 58.1 Å². The van der Waals surface area contributed by atoms with E-state index in [1.165, 1.54) is 4.90 Å². The van der Waals surface area contributed by atoms with E-state index in [9.17, 15) is 4.79 Å². The fraction of sp³-hybridized carbons (Fsp3) is 0.125. The predicted molar refractivity (Wildman–Crippen MR) is 93.7 cm³/mol. The Balaban J connectivity index is 1.65. The topological polar surface area (TPSA) is 54.7 Å². The van der Waals surface area contributed by atoms with Crippen LogP contribution in [0, 0.1) is 0 Å². The van der Waals surface area contributed by atoms with Gasteiger partial charge in [-0.3, -0.25) is 9.69 Å². The Morgan fingerprint density at radius 3 is 2.70 bits per heavy atom. The maximum absolute atomic E-state index is 11.9. The Bertz CT molecular complexity index is 783. The van der Waals surface area contributed by atoms with Crippen molar-refractivity contribution in [2.24, 2.45) is 0 Å². The van der Waals surface area contributed by atoms with Crippen molar-refractivity contribution in [2.75, 3.05) is 7.05 Å². The Morgan fingerprint density at radius 1 is 1.30 bits per heavy atom. The number of furan rings is 1. The molecule has 0 spiro atoms. The van der Waals surface area contributed by atoms with Gasteiger partial charge in [-0.05, 0) is 48.6 Å². The summed E-state index contributed by atoms with van der Waals surface area (Å²) in [6.45, 7) is 0.310. The zero-order chi connectivity index (χ0) is 16.4. The molecule has 1 aliphatic rings. The van der Waals surface area contributed by atoms with Gasteiger partial charge in [-0.25, -0.2) is 0 Å². The van der Waals surface area contributed by atoms with Gasteiger partial charge in [0.25, 0.3) is 5.91 Å². The third-order valence-electron chi connectivity index (χ3n) is 3.25. The Labute approximate surface area is 147 Å². The summed E-state index contributed by atoms with van der Waals surface area (Å²) in [4.78, 5) is 13.3. The van der Waals surface area contributed by atoms with Crippen molar-refractivity contribution in [2.45, 2.75) is 6.61 Å². The van der Waals surface area contributed by atoms with Crippen LogP contribution in [-0.2, 0) is 11.4 Å². The molecule has 1 aromatic carbocycles. The third kappa shape index (κ3) is 3.62. The summed E-state index contributed by atoms with van der Waals surface area (Å²) in [6.07, 6.45) is 1.63. The molecule has 0 atom stereocenters. The number of nitrogens with one attached hydrogen (secondary N) is 1. The molecule has 1 N–H and O–H groups in total. The molecule has 118 valence electrons. The van der Waals surface area contributed by atoms with Gasteiger partial charge in [0.15, 0.2) is 5.11 Å². The van der Waals surface area contributed by atoms with Crippen LogP contribution >= 0.6 is 28.1 Å². The highest BCUT2D eigenvalue weighted by Crippen LogP contribution is 2.19. The second-order valence-electron chi connectivity index (χ2n) is 4.90. The fourth-order valence-corrected chi connectivity index (χ4v) is 2.46. The molecule has 1 saturated heterocycles. The van der Waals surface area contributed by atoms with Crippen LogP contribution in [0.15, 0.2) is 51.0 Å². The molecule has 2 aromatic rings. The number of likely N-dealkylation sites (N-methyl/N-ethyl adjacent to an activating group) is 1. The highest BCUT2D eigenvalue weighted by Gasteiger charge is 2.27. The van der Waals surface area contributed by atoms with Crippen LogP contribution < -0.4 is 10.1 Å². The van der Waals surface area contributed by atoms with Crippen LogP contribution in [0.1, 0.15) is 11.5 Å². The minimum atomic E-state index is -0.181. The Morgan fingerprint density at radius 2 is 2.04 bits per heavy atom. The number of rotatable bonds is 4. The minimum absolute atomic E-state index is 0.181. The van der Waals surface area contributed by atoms with E-state index in [0.29, 0.717) is 28.9 Å². The molecule has 1 fully saturated rings. The number of carbonyl (C=O) groups excluding carboxylic acids is 1. The zero-order valence-corrected chi connectivity index (χ0v) is 14.6. The lowest BCUT2D eigenvalue weighted by Gasteiger charge is -2.03. The maximum Gasteiger partial charge on any atom is 0.276 e. The van der Waals surface area contributed by atoms with Crippen molar-refractivity contribution >= 4 is 45.2 Å². The number of hydrogen-bond donors (Lipinski definition) is 1. The molecular weight excluding hydrogens is 380 g/mol. The molecular formula is C16H13BrN2O3S. The van der Waals surface area contributed by atoms with Crippen LogP contribution in [0.3, 0.4) is 0 Å². The Kier molecular flexibility index (Phi) is 4.49. The van der Waals surface area contributed by atoms with E-state index >= 15 is 0 Å². The summed E-state index contributed by atoms with van der Waals surface area (Å²) in [5.74, 6) is 1.80. The monoisotopic (exact) mass is 392 g/mol. The predicted octanol–water partition coefficient (Wildman–Crippen LogP) is 3.31. The van der Waals surface area contributed by atoms with Gasteiger partial charge >= 0.3 is 0 Å². The van der Waals surface area contributed by atoms with Crippen molar-refractivity contribution < 1.29 is 13.9 Å². The van der Waals surface area contributed by atoms with Crippen molar-refractivity contribution in [1.82, 2.24) is 10.2 Å². The van der Waals surface area contributed by atoms with Crippen molar-refractivity contribution in [3.8, 4) is 5.75 Å². The smallest absolute Gasteiger partial charge is 0.276 e. The number of thiocarbonyl (C=S) groups is 1. The first kappa shape index (κ1) is 15.8. The summed E-state index contributed by atoms with van der Waals surface area (Å²) in [5.41, 5.74) is 0.396. The molecule has 7 heteroatoms. The first-order chi connectivity index (χ1) is 11.0. The lowest BCUT2D eigenvalue weighted by Crippen LogP contribution is -2.25. The quantitative estimate of drug-likeness (QED) is 0.638. The number of ether oxygens (including phenoxy) is 1. The second kappa shape index (κ2) is 6.55. The van der Waals surface area contributed by atoms with E-state index in [0.717, 1.165) is 10.2 Å². The average Bonchev–Trinajstić information content (AvgIpc) is 3.08. The molecule has 5 nitrogen and oxygen atoms in total. The fourth-order valence-electron chi connectivity index (χ4n) is 2.00. The first-order valence-corrected chi connectivity index (χ1v) is 8.01. The molecule has 0 aliphatic carbocycles. The summed E-state index contributed by atoms with van der Waals surface area (Å²) in [5, 5.41) is 3.23. The normalized spacial score (nSPS) is 16.1. The number of benzene rings is 1. The molecule has 3 rings (SSSR count). The Hall–Kier alpha value is -2.12. The van der Waals surface area contributed by atoms with E-state index in [4.69, 9.17) is 21.4 Å². The minimum Gasteiger partial charge on any atom is -0.486 e. The van der Waals surface area contributed by atoms with E-state index in [1.807, 2.05) is 30.3 Å². The van der Waals surface area contributed by atoms with Crippen LogP contribution in [0.2, 0.25) is 0 Å². The molecule has 1 aliphatic heterocycles. The van der Waals surface area contributed by atoms with Crippen LogP contribution in [0.4, 0.5) is 0 Å². The number of carbonyl (C=O) groups is 1. The average molecular weight is 393 g/mol. The van der Waals surface area contributed by atoms with Crippen LogP contribution in [0.25, 0.3) is 6.08 Å². The SMILES string of the molecule is CN1C(=O)/C(=C\c2ccc(COc3ccc(Br)cc3)o2)NC1=S. The van der Waals surface area contributed by atoms with Crippen molar-refractivity contribution in [3.63, 3.8) is 0 Å². The standard InChI is InChI=1S/C16H13BrN2O3S/c1-19-15(20)14(18-16(19)23)8-12-6-7-13(22-12)9-21-11-4-2-10(17)3-5-11/h2-8H,9H2,1H3,(H,18,23)/b14-8+. The number of amides is 1. The van der Waals surface area contributed by atoms with Gasteiger partial charge in [0.2, 0.25) is 0 Å². The lowest BCUT2D eigenvalue weighted by atomic mass is 10.3. The number of halogens is 1. The van der Waals surface area contributed by atoms with Gasteiger partial charge in [-0.1, -0.05) is 15.9 Å². The van der Waals surface area contributed by atoms with E-state index in [-0.39, 0.29) is 5.91 Å².